The highest BCUT2D eigenvalue weighted by Gasteiger charge is 2.49. The fourth-order valence-corrected chi connectivity index (χ4v) is 2.10. The average Bonchev–Trinajstić information content (AvgIpc) is 3.19. The highest BCUT2D eigenvalue weighted by atomic mass is 16.4. The van der Waals surface area contributed by atoms with Crippen LogP contribution in [0, 0.1) is 5.41 Å². The Bertz CT molecular complexity index is 469. The molecule has 5 heteroatoms. The summed E-state index contributed by atoms with van der Waals surface area (Å²) in [6, 6.07) is 8.63. The van der Waals surface area contributed by atoms with Crippen molar-refractivity contribution < 1.29 is 14.7 Å². The molecule has 1 aromatic rings. The van der Waals surface area contributed by atoms with E-state index in [-0.39, 0.29) is 12.3 Å². The van der Waals surface area contributed by atoms with Gasteiger partial charge in [-0.25, -0.2) is 0 Å². The van der Waals surface area contributed by atoms with Crippen molar-refractivity contribution in [3.8, 4) is 0 Å². The van der Waals surface area contributed by atoms with Gasteiger partial charge in [-0.05, 0) is 18.4 Å². The highest BCUT2D eigenvalue weighted by molar-refractivity contribution is 5.86. The number of hydrogen-bond donors (Lipinski definition) is 3. The minimum absolute atomic E-state index is 0.129. The van der Waals surface area contributed by atoms with E-state index in [2.05, 4.69) is 5.32 Å². The first kappa shape index (κ1) is 13.5. The lowest BCUT2D eigenvalue weighted by Gasteiger charge is -2.21. The third-order valence-electron chi connectivity index (χ3n) is 3.61. The Balaban J connectivity index is 2.11. The average molecular weight is 262 g/mol. The second-order valence-electron chi connectivity index (χ2n) is 5.02. The van der Waals surface area contributed by atoms with E-state index >= 15 is 0 Å². The minimum atomic E-state index is -0.938. The predicted octanol–water partition coefficient (Wildman–Crippen LogP) is 1.06. The number of benzene rings is 1. The molecule has 4 N–H and O–H groups in total. The largest absolute Gasteiger partial charge is 0.481 e. The molecule has 1 amide bonds. The molecule has 5 nitrogen and oxygen atoms in total. The Kier molecular flexibility index (Phi) is 3.85. The highest BCUT2D eigenvalue weighted by Crippen LogP contribution is 2.45. The van der Waals surface area contributed by atoms with Gasteiger partial charge in [-0.2, -0.15) is 0 Å². The van der Waals surface area contributed by atoms with Gasteiger partial charge >= 0.3 is 5.97 Å². The Morgan fingerprint density at radius 2 is 1.95 bits per heavy atom. The summed E-state index contributed by atoms with van der Waals surface area (Å²) < 4.78 is 0. The van der Waals surface area contributed by atoms with Crippen molar-refractivity contribution in [2.24, 2.45) is 11.1 Å². The van der Waals surface area contributed by atoms with Crippen LogP contribution in [0.2, 0.25) is 0 Å². The molecule has 102 valence electrons. The predicted molar refractivity (Wildman–Crippen MR) is 70.3 cm³/mol. The molecule has 1 saturated carbocycles. The zero-order chi connectivity index (χ0) is 13.9. The van der Waals surface area contributed by atoms with E-state index in [1.165, 1.54) is 0 Å². The second-order valence-corrected chi connectivity index (χ2v) is 5.02. The van der Waals surface area contributed by atoms with Gasteiger partial charge < -0.3 is 16.2 Å². The van der Waals surface area contributed by atoms with E-state index in [4.69, 9.17) is 10.8 Å². The van der Waals surface area contributed by atoms with E-state index in [0.29, 0.717) is 6.54 Å². The molecule has 2 rings (SSSR count). The third kappa shape index (κ3) is 3.12. The third-order valence-corrected chi connectivity index (χ3v) is 3.61. The van der Waals surface area contributed by atoms with Crippen LogP contribution in [0.25, 0.3) is 0 Å². The van der Waals surface area contributed by atoms with Gasteiger partial charge in [-0.3, -0.25) is 9.59 Å². The van der Waals surface area contributed by atoms with E-state index in [1.54, 1.807) is 0 Å². The molecule has 1 fully saturated rings. The van der Waals surface area contributed by atoms with E-state index in [0.717, 1.165) is 18.4 Å². The van der Waals surface area contributed by atoms with Crippen LogP contribution < -0.4 is 11.1 Å². The van der Waals surface area contributed by atoms with Crippen molar-refractivity contribution in [3.63, 3.8) is 0 Å². The molecule has 1 aromatic carbocycles. The number of rotatable bonds is 6. The summed E-state index contributed by atoms with van der Waals surface area (Å²) in [6.45, 7) is 0.313. The summed E-state index contributed by atoms with van der Waals surface area (Å²) in [5, 5.41) is 11.8. The molecule has 0 heterocycles. The second kappa shape index (κ2) is 5.40. The monoisotopic (exact) mass is 262 g/mol. The number of carboxylic acids is 1. The van der Waals surface area contributed by atoms with Gasteiger partial charge in [0.05, 0.1) is 17.9 Å². The molecule has 1 unspecified atom stereocenters. The van der Waals surface area contributed by atoms with Crippen LogP contribution >= 0.6 is 0 Å². The van der Waals surface area contributed by atoms with E-state index in [1.807, 2.05) is 30.3 Å². The topological polar surface area (TPSA) is 92.4 Å². The van der Waals surface area contributed by atoms with Crippen LogP contribution in [-0.4, -0.2) is 23.5 Å². The first-order valence-electron chi connectivity index (χ1n) is 6.35. The molecular weight excluding hydrogens is 244 g/mol. The van der Waals surface area contributed by atoms with Gasteiger partial charge in [0.25, 0.3) is 0 Å². The molecule has 0 radical (unpaired) electrons. The lowest BCUT2D eigenvalue weighted by molar-refractivity contribution is -0.138. The zero-order valence-corrected chi connectivity index (χ0v) is 10.6. The molecule has 0 bridgehead atoms. The van der Waals surface area contributed by atoms with Crippen molar-refractivity contribution in [1.29, 1.82) is 0 Å². The smallest absolute Gasteiger partial charge is 0.305 e. The van der Waals surface area contributed by atoms with E-state index < -0.39 is 17.4 Å². The minimum Gasteiger partial charge on any atom is -0.481 e. The maximum atomic E-state index is 12.1. The molecule has 0 saturated heterocycles. The van der Waals surface area contributed by atoms with Gasteiger partial charge in [0.2, 0.25) is 5.91 Å². The van der Waals surface area contributed by atoms with Crippen LogP contribution in [0.5, 0.6) is 0 Å². The Morgan fingerprint density at radius 1 is 1.32 bits per heavy atom. The number of hydrogen-bond acceptors (Lipinski definition) is 3. The van der Waals surface area contributed by atoms with Crippen LogP contribution in [0.15, 0.2) is 30.3 Å². The van der Waals surface area contributed by atoms with Crippen LogP contribution in [0.1, 0.15) is 30.9 Å². The standard InChI is InChI=1S/C14H18N2O3/c15-9-14(6-7-14)13(19)16-11(8-12(17)18)10-4-2-1-3-5-10/h1-5,11H,6-9,15H2,(H,16,19)(H,17,18). The summed E-state index contributed by atoms with van der Waals surface area (Å²) in [4.78, 5) is 23.1. The van der Waals surface area contributed by atoms with Gasteiger partial charge in [-0.15, -0.1) is 0 Å². The van der Waals surface area contributed by atoms with E-state index in [9.17, 15) is 9.59 Å². The van der Waals surface area contributed by atoms with Crippen molar-refractivity contribution in [1.82, 2.24) is 5.32 Å². The number of carbonyl (C=O) groups is 2. The lowest BCUT2D eigenvalue weighted by Crippen LogP contribution is -2.39. The number of nitrogens with one attached hydrogen (secondary N) is 1. The maximum Gasteiger partial charge on any atom is 0.305 e. The van der Waals surface area contributed by atoms with Gasteiger partial charge in [0, 0.05) is 6.54 Å². The number of amides is 1. The lowest BCUT2D eigenvalue weighted by atomic mass is 10.0. The molecule has 0 aromatic heterocycles. The van der Waals surface area contributed by atoms with Gasteiger partial charge in [-0.1, -0.05) is 30.3 Å². The maximum absolute atomic E-state index is 12.1. The Hall–Kier alpha value is -1.88. The van der Waals surface area contributed by atoms with Gasteiger partial charge in [0.1, 0.15) is 0 Å². The zero-order valence-electron chi connectivity index (χ0n) is 10.6. The number of carbonyl (C=O) groups excluding carboxylic acids is 1. The molecular formula is C14H18N2O3. The fourth-order valence-electron chi connectivity index (χ4n) is 2.10. The summed E-state index contributed by atoms with van der Waals surface area (Å²) in [5.74, 6) is -1.07. The van der Waals surface area contributed by atoms with Gasteiger partial charge in [0.15, 0.2) is 0 Å². The summed E-state index contributed by atoms with van der Waals surface area (Å²) in [6.07, 6.45) is 1.43. The van der Waals surface area contributed by atoms with Crippen LogP contribution in [0.3, 0.4) is 0 Å². The van der Waals surface area contributed by atoms with Crippen molar-refractivity contribution >= 4 is 11.9 Å². The van der Waals surface area contributed by atoms with Crippen molar-refractivity contribution in [3.05, 3.63) is 35.9 Å². The Labute approximate surface area is 111 Å². The van der Waals surface area contributed by atoms with Crippen molar-refractivity contribution in [2.45, 2.75) is 25.3 Å². The SMILES string of the molecule is NCC1(C(=O)NC(CC(=O)O)c2ccccc2)CC1. The first-order valence-corrected chi connectivity index (χ1v) is 6.35. The summed E-state index contributed by atoms with van der Waals surface area (Å²) in [7, 11) is 0. The summed E-state index contributed by atoms with van der Waals surface area (Å²) in [5.41, 5.74) is 5.94. The molecule has 19 heavy (non-hydrogen) atoms. The fraction of sp³-hybridized carbons (Fsp3) is 0.429. The number of aliphatic carboxylic acids is 1. The first-order chi connectivity index (χ1) is 9.07. The number of nitrogens with two attached hydrogens (primary N) is 1. The number of carboxylic acid groups (broad SMARTS) is 1. The molecule has 0 spiro atoms. The van der Waals surface area contributed by atoms with Crippen molar-refractivity contribution in [2.75, 3.05) is 6.54 Å². The molecule has 1 aliphatic rings. The summed E-state index contributed by atoms with van der Waals surface area (Å²) >= 11 is 0. The normalized spacial score (nSPS) is 17.5. The Morgan fingerprint density at radius 3 is 2.42 bits per heavy atom. The molecule has 0 aliphatic heterocycles. The quantitative estimate of drug-likeness (QED) is 0.714. The molecule has 1 aliphatic carbocycles. The van der Waals surface area contributed by atoms with Crippen LogP contribution in [0.4, 0.5) is 0 Å². The van der Waals surface area contributed by atoms with Crippen LogP contribution in [-0.2, 0) is 9.59 Å². The molecule has 1 atom stereocenters.